The Balaban J connectivity index is 3.55. The van der Waals surface area contributed by atoms with Gasteiger partial charge in [0, 0.05) is 32.5 Å². The molecular formula is C15H24N2O6. The monoisotopic (exact) mass is 328 g/mol. The lowest BCUT2D eigenvalue weighted by molar-refractivity contribution is -0.141. The molecule has 0 aromatic heterocycles. The number of unbranched alkanes of at least 4 members (excludes halogenated alkanes) is 3. The molecule has 2 amide bonds. The second-order valence-corrected chi connectivity index (χ2v) is 4.74. The van der Waals surface area contributed by atoms with Gasteiger partial charge >= 0.3 is 11.9 Å². The zero-order chi connectivity index (χ0) is 17.5. The predicted octanol–water partition coefficient (Wildman–Crippen LogP) is 0.419. The Hall–Kier alpha value is -2.38. The topological polar surface area (TPSA) is 111 Å². The molecule has 0 aliphatic rings. The van der Waals surface area contributed by atoms with Crippen molar-refractivity contribution in [2.24, 2.45) is 0 Å². The molecule has 0 bridgehead atoms. The summed E-state index contributed by atoms with van der Waals surface area (Å²) < 4.78 is 9.51. The molecule has 0 aliphatic carbocycles. The lowest BCUT2D eigenvalue weighted by atomic mass is 10.2. The Morgan fingerprint density at radius 2 is 1.35 bits per heavy atom. The van der Waals surface area contributed by atoms with E-state index in [1.165, 1.54) is 13.8 Å². The van der Waals surface area contributed by atoms with Crippen LogP contribution < -0.4 is 10.6 Å². The standard InChI is InChI=1S/C15H24N2O6/c1-12(18)16-9-5-3-4-6-10-22-14(20)7-8-15(21)23-11-17-13(2)19/h7-8H,3-6,9-11H2,1-2H3,(H,16,18)(H,17,19)/b8-7+. The third-order valence-corrected chi connectivity index (χ3v) is 2.58. The third-order valence-electron chi connectivity index (χ3n) is 2.58. The number of rotatable bonds is 11. The molecule has 2 N–H and O–H groups in total. The first-order valence-corrected chi connectivity index (χ1v) is 7.42. The van der Waals surface area contributed by atoms with Gasteiger partial charge in [-0.2, -0.15) is 0 Å². The highest BCUT2D eigenvalue weighted by Gasteiger charge is 2.01. The van der Waals surface area contributed by atoms with Gasteiger partial charge in [0.15, 0.2) is 6.73 Å². The van der Waals surface area contributed by atoms with Crippen LogP contribution in [0.25, 0.3) is 0 Å². The molecular weight excluding hydrogens is 304 g/mol. The van der Waals surface area contributed by atoms with Crippen LogP contribution >= 0.6 is 0 Å². The van der Waals surface area contributed by atoms with Gasteiger partial charge in [-0.05, 0) is 19.3 Å². The fraction of sp³-hybridized carbons (Fsp3) is 0.600. The maximum Gasteiger partial charge on any atom is 0.332 e. The average Bonchev–Trinajstić information content (AvgIpc) is 2.47. The Morgan fingerprint density at radius 1 is 0.783 bits per heavy atom. The van der Waals surface area contributed by atoms with E-state index in [4.69, 9.17) is 4.74 Å². The van der Waals surface area contributed by atoms with Gasteiger partial charge in [0.05, 0.1) is 6.61 Å². The van der Waals surface area contributed by atoms with Crippen molar-refractivity contribution in [1.29, 1.82) is 0 Å². The second kappa shape index (κ2) is 13.3. The summed E-state index contributed by atoms with van der Waals surface area (Å²) in [4.78, 5) is 43.6. The molecule has 8 nitrogen and oxygen atoms in total. The molecule has 0 aliphatic heterocycles. The summed E-state index contributed by atoms with van der Waals surface area (Å²) in [6.07, 6.45) is 5.34. The van der Waals surface area contributed by atoms with Crippen LogP contribution in [0.5, 0.6) is 0 Å². The zero-order valence-electron chi connectivity index (χ0n) is 13.6. The number of carbonyl (C=O) groups is 4. The summed E-state index contributed by atoms with van der Waals surface area (Å²) in [5.41, 5.74) is 0. The Morgan fingerprint density at radius 3 is 1.96 bits per heavy atom. The van der Waals surface area contributed by atoms with Crippen molar-refractivity contribution in [2.75, 3.05) is 19.9 Å². The molecule has 0 rings (SSSR count). The van der Waals surface area contributed by atoms with Crippen LogP contribution in [0.2, 0.25) is 0 Å². The highest BCUT2D eigenvalue weighted by Crippen LogP contribution is 1.99. The van der Waals surface area contributed by atoms with E-state index in [1.54, 1.807) is 0 Å². The molecule has 0 aromatic carbocycles. The summed E-state index contributed by atoms with van der Waals surface area (Å²) in [5.74, 6) is -1.73. The van der Waals surface area contributed by atoms with Crippen LogP contribution in [0, 0.1) is 0 Å². The molecule has 0 saturated heterocycles. The minimum atomic E-state index is -0.742. The summed E-state index contributed by atoms with van der Waals surface area (Å²) in [6.45, 7) is 3.44. The van der Waals surface area contributed by atoms with Crippen molar-refractivity contribution in [3.8, 4) is 0 Å². The predicted molar refractivity (Wildman–Crippen MR) is 82.0 cm³/mol. The van der Waals surface area contributed by atoms with Gasteiger partial charge in [-0.15, -0.1) is 0 Å². The number of hydrogen-bond acceptors (Lipinski definition) is 6. The lowest BCUT2D eigenvalue weighted by Gasteiger charge is -2.03. The van der Waals surface area contributed by atoms with Gasteiger partial charge in [0.2, 0.25) is 11.8 Å². The summed E-state index contributed by atoms with van der Waals surface area (Å²) in [6, 6.07) is 0. The van der Waals surface area contributed by atoms with Crippen LogP contribution in [-0.2, 0) is 28.7 Å². The van der Waals surface area contributed by atoms with Crippen LogP contribution in [0.4, 0.5) is 0 Å². The lowest BCUT2D eigenvalue weighted by Crippen LogP contribution is -2.24. The highest BCUT2D eigenvalue weighted by atomic mass is 16.5. The Bertz CT molecular complexity index is 434. The van der Waals surface area contributed by atoms with E-state index < -0.39 is 11.9 Å². The first kappa shape index (κ1) is 20.6. The molecule has 23 heavy (non-hydrogen) atoms. The smallest absolute Gasteiger partial charge is 0.332 e. The van der Waals surface area contributed by atoms with E-state index >= 15 is 0 Å². The molecule has 0 aromatic rings. The van der Waals surface area contributed by atoms with Crippen molar-refractivity contribution in [3.63, 3.8) is 0 Å². The minimum absolute atomic E-state index is 0.0404. The van der Waals surface area contributed by atoms with E-state index in [0.29, 0.717) is 13.0 Å². The molecule has 0 fully saturated rings. The molecule has 0 atom stereocenters. The summed E-state index contributed by atoms with van der Waals surface area (Å²) in [7, 11) is 0. The van der Waals surface area contributed by atoms with Crippen molar-refractivity contribution in [3.05, 3.63) is 12.2 Å². The molecule has 130 valence electrons. The van der Waals surface area contributed by atoms with Crippen molar-refractivity contribution in [1.82, 2.24) is 10.6 Å². The third kappa shape index (κ3) is 15.8. The zero-order valence-corrected chi connectivity index (χ0v) is 13.6. The van der Waals surface area contributed by atoms with Crippen molar-refractivity contribution in [2.45, 2.75) is 39.5 Å². The maximum atomic E-state index is 11.3. The number of carbonyl (C=O) groups excluding carboxylic acids is 4. The van der Waals surface area contributed by atoms with E-state index in [2.05, 4.69) is 15.4 Å². The average molecular weight is 328 g/mol. The van der Waals surface area contributed by atoms with E-state index in [1.807, 2.05) is 0 Å². The normalized spacial score (nSPS) is 10.2. The van der Waals surface area contributed by atoms with Crippen LogP contribution in [0.15, 0.2) is 12.2 Å². The highest BCUT2D eigenvalue weighted by molar-refractivity contribution is 5.91. The molecule has 0 heterocycles. The Kier molecular flexibility index (Phi) is 11.9. The largest absolute Gasteiger partial charge is 0.463 e. The van der Waals surface area contributed by atoms with Gasteiger partial charge < -0.3 is 20.1 Å². The quantitative estimate of drug-likeness (QED) is 0.246. The van der Waals surface area contributed by atoms with Crippen molar-refractivity contribution < 1.29 is 28.7 Å². The number of amides is 2. The number of nitrogens with one attached hydrogen (secondary N) is 2. The van der Waals surface area contributed by atoms with Gasteiger partial charge in [-0.25, -0.2) is 9.59 Å². The fourth-order valence-corrected chi connectivity index (χ4v) is 1.46. The number of esters is 2. The number of hydrogen-bond donors (Lipinski definition) is 2. The minimum Gasteiger partial charge on any atom is -0.463 e. The fourth-order valence-electron chi connectivity index (χ4n) is 1.46. The molecule has 0 saturated carbocycles. The van der Waals surface area contributed by atoms with Crippen molar-refractivity contribution >= 4 is 23.8 Å². The maximum absolute atomic E-state index is 11.3. The van der Waals surface area contributed by atoms with Crippen LogP contribution in [-0.4, -0.2) is 43.6 Å². The second-order valence-electron chi connectivity index (χ2n) is 4.74. The van der Waals surface area contributed by atoms with E-state index in [9.17, 15) is 19.2 Å². The van der Waals surface area contributed by atoms with Crippen LogP contribution in [0.1, 0.15) is 39.5 Å². The van der Waals surface area contributed by atoms with Gasteiger partial charge in [-0.1, -0.05) is 6.42 Å². The molecule has 0 unspecified atom stereocenters. The van der Waals surface area contributed by atoms with Gasteiger partial charge in [0.25, 0.3) is 0 Å². The Labute approximate surface area is 135 Å². The first-order valence-electron chi connectivity index (χ1n) is 7.42. The summed E-state index contributed by atoms with van der Waals surface area (Å²) in [5, 5.41) is 4.98. The number of ether oxygens (including phenoxy) is 2. The van der Waals surface area contributed by atoms with Crippen LogP contribution in [0.3, 0.4) is 0 Å². The van der Waals surface area contributed by atoms with Gasteiger partial charge in [-0.3, -0.25) is 9.59 Å². The van der Waals surface area contributed by atoms with Gasteiger partial charge in [0.1, 0.15) is 0 Å². The first-order chi connectivity index (χ1) is 10.9. The molecule has 0 radical (unpaired) electrons. The molecule has 0 spiro atoms. The van der Waals surface area contributed by atoms with E-state index in [-0.39, 0.29) is 25.2 Å². The molecule has 8 heteroatoms. The summed E-state index contributed by atoms with van der Waals surface area (Å²) >= 11 is 0. The SMILES string of the molecule is CC(=O)NCCCCCCOC(=O)/C=C/C(=O)OCNC(C)=O. The van der Waals surface area contributed by atoms with E-state index in [0.717, 1.165) is 31.4 Å².